The molecule has 2 aliphatic rings. The summed E-state index contributed by atoms with van der Waals surface area (Å²) in [6, 6.07) is 3.84. The summed E-state index contributed by atoms with van der Waals surface area (Å²) in [5.74, 6) is 1.29. The SMILES string of the molecule is O=C(c1nc(-c2ccnc(N3CCCCCC3)c2)no1)N1CCCC1. The fourth-order valence-electron chi connectivity index (χ4n) is 3.51. The maximum atomic E-state index is 12.4. The highest BCUT2D eigenvalue weighted by atomic mass is 16.5. The third kappa shape index (κ3) is 3.50. The van der Waals surface area contributed by atoms with E-state index in [-0.39, 0.29) is 11.8 Å². The average Bonchev–Trinajstić information content (AvgIpc) is 3.29. The lowest BCUT2D eigenvalue weighted by atomic mass is 10.2. The first-order valence-electron chi connectivity index (χ1n) is 9.15. The topological polar surface area (TPSA) is 75.4 Å². The van der Waals surface area contributed by atoms with Crippen molar-refractivity contribution < 1.29 is 9.32 Å². The standard InChI is InChI=1S/C18H23N5O2/c24-18(23-11-5-6-12-23)17-20-16(21-25-17)14-7-8-19-15(13-14)22-9-3-1-2-4-10-22/h7-8,13H,1-6,9-12H2. The van der Waals surface area contributed by atoms with Crippen LogP contribution >= 0.6 is 0 Å². The molecule has 0 unspecified atom stereocenters. The van der Waals surface area contributed by atoms with Crippen molar-refractivity contribution in [1.29, 1.82) is 0 Å². The summed E-state index contributed by atoms with van der Waals surface area (Å²) >= 11 is 0. The van der Waals surface area contributed by atoms with Crippen LogP contribution in [0.4, 0.5) is 5.82 Å². The molecule has 0 spiro atoms. The minimum absolute atomic E-state index is 0.0741. The van der Waals surface area contributed by atoms with Crippen molar-refractivity contribution in [1.82, 2.24) is 20.0 Å². The van der Waals surface area contributed by atoms with E-state index in [1.807, 2.05) is 12.1 Å². The van der Waals surface area contributed by atoms with Gasteiger partial charge in [-0.2, -0.15) is 4.98 Å². The summed E-state index contributed by atoms with van der Waals surface area (Å²) in [6.45, 7) is 3.60. The molecule has 0 aromatic carbocycles. The maximum Gasteiger partial charge on any atom is 0.316 e. The third-order valence-electron chi connectivity index (χ3n) is 4.94. The summed E-state index contributed by atoms with van der Waals surface area (Å²) < 4.78 is 5.21. The van der Waals surface area contributed by atoms with Crippen LogP contribution in [0.2, 0.25) is 0 Å². The second-order valence-electron chi connectivity index (χ2n) is 6.73. The van der Waals surface area contributed by atoms with Crippen LogP contribution in [0, 0.1) is 0 Å². The number of hydrogen-bond acceptors (Lipinski definition) is 6. The lowest BCUT2D eigenvalue weighted by Gasteiger charge is -2.21. The molecular formula is C18H23N5O2. The normalized spacial score (nSPS) is 18.4. The first-order chi connectivity index (χ1) is 12.3. The van der Waals surface area contributed by atoms with Gasteiger partial charge in [-0.05, 0) is 37.8 Å². The molecule has 0 saturated carbocycles. The molecule has 0 bridgehead atoms. The number of carbonyl (C=O) groups is 1. The Kier molecular flexibility index (Phi) is 4.63. The van der Waals surface area contributed by atoms with Crippen molar-refractivity contribution in [3.05, 3.63) is 24.2 Å². The van der Waals surface area contributed by atoms with E-state index in [1.165, 1.54) is 25.7 Å². The average molecular weight is 341 g/mol. The number of aromatic nitrogens is 3. The predicted molar refractivity (Wildman–Crippen MR) is 93.3 cm³/mol. The molecule has 4 rings (SSSR count). The van der Waals surface area contributed by atoms with E-state index >= 15 is 0 Å². The molecule has 0 aliphatic carbocycles. The van der Waals surface area contributed by atoms with E-state index in [1.54, 1.807) is 11.1 Å². The van der Waals surface area contributed by atoms with Gasteiger partial charge < -0.3 is 14.3 Å². The first kappa shape index (κ1) is 16.1. The van der Waals surface area contributed by atoms with Gasteiger partial charge in [0, 0.05) is 37.9 Å². The highest BCUT2D eigenvalue weighted by Gasteiger charge is 2.25. The number of pyridine rings is 1. The van der Waals surface area contributed by atoms with E-state index in [0.717, 1.165) is 50.4 Å². The van der Waals surface area contributed by atoms with Gasteiger partial charge >= 0.3 is 11.8 Å². The Labute approximate surface area is 147 Å². The number of hydrogen-bond donors (Lipinski definition) is 0. The summed E-state index contributed by atoms with van der Waals surface area (Å²) in [4.78, 5) is 25.3. The van der Waals surface area contributed by atoms with Gasteiger partial charge in [-0.25, -0.2) is 4.98 Å². The van der Waals surface area contributed by atoms with Gasteiger partial charge in [-0.15, -0.1) is 0 Å². The lowest BCUT2D eigenvalue weighted by Crippen LogP contribution is -2.27. The first-order valence-corrected chi connectivity index (χ1v) is 9.15. The second kappa shape index (κ2) is 7.21. The monoisotopic (exact) mass is 341 g/mol. The fraction of sp³-hybridized carbons (Fsp3) is 0.556. The van der Waals surface area contributed by atoms with E-state index in [4.69, 9.17) is 4.52 Å². The molecule has 25 heavy (non-hydrogen) atoms. The van der Waals surface area contributed by atoms with Gasteiger partial charge in [-0.3, -0.25) is 4.79 Å². The van der Waals surface area contributed by atoms with Gasteiger partial charge in [-0.1, -0.05) is 18.0 Å². The summed E-state index contributed by atoms with van der Waals surface area (Å²) in [5, 5.41) is 4.00. The number of carbonyl (C=O) groups excluding carboxylic acids is 1. The Balaban J connectivity index is 1.53. The number of amides is 1. The second-order valence-corrected chi connectivity index (χ2v) is 6.73. The van der Waals surface area contributed by atoms with E-state index < -0.39 is 0 Å². The van der Waals surface area contributed by atoms with Crippen LogP contribution in [-0.2, 0) is 0 Å². The predicted octanol–water partition coefficient (Wildman–Crippen LogP) is 2.75. The Morgan fingerprint density at radius 2 is 1.72 bits per heavy atom. The van der Waals surface area contributed by atoms with Crippen LogP contribution in [0.1, 0.15) is 49.2 Å². The van der Waals surface area contributed by atoms with Gasteiger partial charge in [0.25, 0.3) is 0 Å². The number of rotatable bonds is 3. The Bertz CT molecular complexity index is 731. The van der Waals surface area contributed by atoms with Crippen LogP contribution in [0.25, 0.3) is 11.4 Å². The third-order valence-corrected chi connectivity index (χ3v) is 4.94. The van der Waals surface area contributed by atoms with Gasteiger partial charge in [0.15, 0.2) is 0 Å². The molecule has 7 nitrogen and oxygen atoms in total. The Morgan fingerprint density at radius 1 is 1.00 bits per heavy atom. The zero-order valence-corrected chi connectivity index (χ0v) is 14.4. The molecule has 0 atom stereocenters. The van der Waals surface area contributed by atoms with Crippen molar-refractivity contribution in [2.24, 2.45) is 0 Å². The lowest BCUT2D eigenvalue weighted by molar-refractivity contribution is 0.0743. The van der Waals surface area contributed by atoms with Crippen molar-refractivity contribution >= 4 is 11.7 Å². The molecule has 132 valence electrons. The molecule has 2 aliphatic heterocycles. The number of nitrogens with zero attached hydrogens (tertiary/aromatic N) is 5. The minimum Gasteiger partial charge on any atom is -0.357 e. The summed E-state index contributed by atoms with van der Waals surface area (Å²) in [6.07, 6.45) is 8.80. The van der Waals surface area contributed by atoms with E-state index in [2.05, 4.69) is 20.0 Å². The number of likely N-dealkylation sites (tertiary alicyclic amines) is 1. The van der Waals surface area contributed by atoms with Crippen LogP contribution in [-0.4, -0.2) is 52.1 Å². The summed E-state index contributed by atoms with van der Waals surface area (Å²) in [5.41, 5.74) is 0.832. The van der Waals surface area contributed by atoms with Crippen LogP contribution < -0.4 is 4.90 Å². The molecule has 2 saturated heterocycles. The van der Waals surface area contributed by atoms with Gasteiger partial charge in [0.05, 0.1) is 0 Å². The van der Waals surface area contributed by atoms with Gasteiger partial charge in [0.2, 0.25) is 5.82 Å². The Hall–Kier alpha value is -2.44. The molecule has 2 fully saturated rings. The zero-order chi connectivity index (χ0) is 17.1. The molecule has 0 N–H and O–H groups in total. The van der Waals surface area contributed by atoms with Crippen molar-refractivity contribution in [2.75, 3.05) is 31.1 Å². The van der Waals surface area contributed by atoms with Crippen molar-refractivity contribution in [3.8, 4) is 11.4 Å². The van der Waals surface area contributed by atoms with Crippen molar-refractivity contribution in [2.45, 2.75) is 38.5 Å². The molecule has 0 radical (unpaired) electrons. The largest absolute Gasteiger partial charge is 0.357 e. The Morgan fingerprint density at radius 3 is 2.48 bits per heavy atom. The minimum atomic E-state index is -0.168. The smallest absolute Gasteiger partial charge is 0.316 e. The highest BCUT2D eigenvalue weighted by Crippen LogP contribution is 2.23. The van der Waals surface area contributed by atoms with E-state index in [9.17, 15) is 4.79 Å². The van der Waals surface area contributed by atoms with Crippen LogP contribution in [0.5, 0.6) is 0 Å². The fourth-order valence-corrected chi connectivity index (χ4v) is 3.51. The molecular weight excluding hydrogens is 318 g/mol. The number of anilines is 1. The zero-order valence-electron chi connectivity index (χ0n) is 14.4. The molecule has 1 amide bonds. The summed E-state index contributed by atoms with van der Waals surface area (Å²) in [7, 11) is 0. The molecule has 2 aromatic rings. The van der Waals surface area contributed by atoms with Gasteiger partial charge in [0.1, 0.15) is 5.82 Å². The molecule has 7 heteroatoms. The molecule has 4 heterocycles. The quantitative estimate of drug-likeness (QED) is 0.854. The van der Waals surface area contributed by atoms with E-state index in [0.29, 0.717) is 5.82 Å². The highest BCUT2D eigenvalue weighted by molar-refractivity contribution is 5.90. The van der Waals surface area contributed by atoms with Crippen LogP contribution in [0.15, 0.2) is 22.9 Å². The maximum absolute atomic E-state index is 12.4. The van der Waals surface area contributed by atoms with Crippen LogP contribution in [0.3, 0.4) is 0 Å². The molecule has 2 aromatic heterocycles. The van der Waals surface area contributed by atoms with Crippen molar-refractivity contribution in [3.63, 3.8) is 0 Å².